The number of hydrogen-bond acceptors (Lipinski definition) is 3. The van der Waals surface area contributed by atoms with Gasteiger partial charge in [0, 0.05) is 23.0 Å². The summed E-state index contributed by atoms with van der Waals surface area (Å²) in [4.78, 5) is 23.3. The molecule has 3 N–H and O–H groups in total. The zero-order valence-electron chi connectivity index (χ0n) is 10.3. The van der Waals surface area contributed by atoms with Gasteiger partial charge in [0.25, 0.3) is 5.91 Å². The van der Waals surface area contributed by atoms with Crippen LogP contribution in [0.3, 0.4) is 0 Å². The molecule has 0 saturated carbocycles. The molecule has 1 aromatic carbocycles. The average molecular weight is 256 g/mol. The fourth-order valence-electron chi connectivity index (χ4n) is 2.03. The molecule has 0 unspecified atom stereocenters. The van der Waals surface area contributed by atoms with Gasteiger partial charge in [-0.05, 0) is 24.6 Å². The highest BCUT2D eigenvalue weighted by Gasteiger charge is 2.19. The second kappa shape index (κ2) is 4.24. The predicted octanol–water partition coefficient (Wildman–Crippen LogP) is 1.47. The molecule has 2 amide bonds. The van der Waals surface area contributed by atoms with E-state index in [1.807, 2.05) is 6.92 Å². The largest absolute Gasteiger partial charge is 0.326 e. The summed E-state index contributed by atoms with van der Waals surface area (Å²) < 4.78 is 0. The number of H-pyrrole nitrogens is 1. The third-order valence-corrected chi connectivity index (χ3v) is 2.94. The van der Waals surface area contributed by atoms with Crippen LogP contribution in [-0.4, -0.2) is 22.0 Å². The zero-order valence-corrected chi connectivity index (χ0v) is 10.3. The smallest absolute Gasteiger partial charge is 0.256 e. The average Bonchev–Trinajstić information content (AvgIpc) is 2.93. The molecule has 6 heteroatoms. The van der Waals surface area contributed by atoms with E-state index < -0.39 is 0 Å². The molecule has 0 aliphatic carbocycles. The summed E-state index contributed by atoms with van der Waals surface area (Å²) in [5.74, 6) is 0.179. The number of aromatic nitrogens is 2. The van der Waals surface area contributed by atoms with Gasteiger partial charge >= 0.3 is 0 Å². The highest BCUT2D eigenvalue weighted by Crippen LogP contribution is 2.24. The first-order chi connectivity index (χ1) is 9.11. The lowest BCUT2D eigenvalue weighted by molar-refractivity contribution is -0.115. The predicted molar refractivity (Wildman–Crippen MR) is 70.1 cm³/mol. The molecular weight excluding hydrogens is 244 g/mol. The quantitative estimate of drug-likeness (QED) is 0.760. The molecule has 0 bridgehead atoms. The van der Waals surface area contributed by atoms with Crippen molar-refractivity contribution in [1.82, 2.24) is 10.2 Å². The van der Waals surface area contributed by atoms with E-state index in [4.69, 9.17) is 0 Å². The Labute approximate surface area is 109 Å². The summed E-state index contributed by atoms with van der Waals surface area (Å²) >= 11 is 0. The number of hydrogen-bond donors (Lipinski definition) is 3. The van der Waals surface area contributed by atoms with Crippen LogP contribution in [0, 0.1) is 6.92 Å². The molecule has 1 aromatic heterocycles. The van der Waals surface area contributed by atoms with Gasteiger partial charge in [-0.3, -0.25) is 14.7 Å². The molecular formula is C13H12N4O2. The third-order valence-electron chi connectivity index (χ3n) is 2.94. The summed E-state index contributed by atoms with van der Waals surface area (Å²) in [6.07, 6.45) is 0.371. The molecule has 1 aliphatic rings. The molecule has 6 nitrogen and oxygen atoms in total. The van der Waals surface area contributed by atoms with Gasteiger partial charge in [-0.15, -0.1) is 0 Å². The van der Waals surface area contributed by atoms with Crippen molar-refractivity contribution in [2.45, 2.75) is 13.3 Å². The molecule has 2 heterocycles. The maximum atomic E-state index is 12.0. The minimum Gasteiger partial charge on any atom is -0.326 e. The Bertz CT molecular complexity index is 675. The summed E-state index contributed by atoms with van der Waals surface area (Å²) in [6.45, 7) is 1.85. The Morgan fingerprint density at radius 3 is 2.95 bits per heavy atom. The number of aromatic amines is 1. The van der Waals surface area contributed by atoms with Gasteiger partial charge in [0.15, 0.2) is 5.82 Å². The number of benzene rings is 1. The summed E-state index contributed by atoms with van der Waals surface area (Å²) in [5, 5.41) is 12.1. The van der Waals surface area contributed by atoms with Crippen LogP contribution >= 0.6 is 0 Å². The lowest BCUT2D eigenvalue weighted by atomic mass is 10.1. The molecule has 19 heavy (non-hydrogen) atoms. The molecule has 0 saturated heterocycles. The number of amides is 2. The van der Waals surface area contributed by atoms with Crippen molar-refractivity contribution in [1.29, 1.82) is 0 Å². The van der Waals surface area contributed by atoms with Crippen LogP contribution in [0.15, 0.2) is 24.3 Å². The Balaban J connectivity index is 1.81. The monoisotopic (exact) mass is 256 g/mol. The number of aryl methyl sites for hydroxylation is 1. The fourth-order valence-corrected chi connectivity index (χ4v) is 2.03. The molecule has 0 radical (unpaired) electrons. The van der Waals surface area contributed by atoms with Crippen molar-refractivity contribution in [2.24, 2.45) is 0 Å². The van der Waals surface area contributed by atoms with Gasteiger partial charge < -0.3 is 10.6 Å². The number of anilines is 2. The summed E-state index contributed by atoms with van der Waals surface area (Å²) in [5.41, 5.74) is 2.98. The van der Waals surface area contributed by atoms with E-state index in [-0.39, 0.29) is 11.8 Å². The lowest BCUT2D eigenvalue weighted by Crippen LogP contribution is -2.12. The van der Waals surface area contributed by atoms with E-state index in [0.29, 0.717) is 23.5 Å². The van der Waals surface area contributed by atoms with E-state index in [0.717, 1.165) is 11.3 Å². The van der Waals surface area contributed by atoms with Crippen molar-refractivity contribution < 1.29 is 9.59 Å². The van der Waals surface area contributed by atoms with Crippen LogP contribution in [0.4, 0.5) is 11.5 Å². The fraction of sp³-hybridized carbons (Fsp3) is 0.154. The number of fused-ring (bicyclic) bond motifs is 1. The number of nitrogens with one attached hydrogen (secondary N) is 3. The molecule has 1 aliphatic heterocycles. The zero-order chi connectivity index (χ0) is 13.4. The minimum atomic E-state index is -0.254. The second-order valence-corrected chi connectivity index (χ2v) is 4.49. The SMILES string of the molecule is Cc1cc(NC(=O)c2ccc3c(c2)NC(=O)C3)n[nH]1. The van der Waals surface area contributed by atoms with E-state index in [1.54, 1.807) is 24.3 Å². The van der Waals surface area contributed by atoms with Gasteiger partial charge in [-0.1, -0.05) is 6.07 Å². The van der Waals surface area contributed by atoms with Crippen molar-refractivity contribution in [3.05, 3.63) is 41.1 Å². The second-order valence-electron chi connectivity index (χ2n) is 4.49. The van der Waals surface area contributed by atoms with Crippen molar-refractivity contribution in [2.75, 3.05) is 10.6 Å². The number of carbonyl (C=O) groups is 2. The van der Waals surface area contributed by atoms with Crippen molar-refractivity contribution >= 4 is 23.3 Å². The maximum absolute atomic E-state index is 12.0. The van der Waals surface area contributed by atoms with Gasteiger partial charge in [0.2, 0.25) is 5.91 Å². The van der Waals surface area contributed by atoms with Crippen LogP contribution in [0.25, 0.3) is 0 Å². The normalized spacial score (nSPS) is 13.0. The van der Waals surface area contributed by atoms with Crippen LogP contribution in [0.1, 0.15) is 21.6 Å². The highest BCUT2D eigenvalue weighted by atomic mass is 16.2. The molecule has 96 valence electrons. The Morgan fingerprint density at radius 1 is 1.37 bits per heavy atom. The molecule has 0 fully saturated rings. The lowest BCUT2D eigenvalue weighted by Gasteiger charge is -2.04. The Hall–Kier alpha value is -2.63. The topological polar surface area (TPSA) is 86.9 Å². The Morgan fingerprint density at radius 2 is 2.21 bits per heavy atom. The first-order valence-electron chi connectivity index (χ1n) is 5.88. The highest BCUT2D eigenvalue weighted by molar-refractivity contribution is 6.06. The van der Waals surface area contributed by atoms with Gasteiger partial charge in [0.1, 0.15) is 0 Å². The first kappa shape index (κ1) is 11.5. The van der Waals surface area contributed by atoms with Crippen molar-refractivity contribution in [3.63, 3.8) is 0 Å². The minimum absolute atomic E-state index is 0.0458. The number of carbonyl (C=O) groups excluding carboxylic acids is 2. The van der Waals surface area contributed by atoms with Gasteiger partial charge in [-0.25, -0.2) is 0 Å². The van der Waals surface area contributed by atoms with Crippen LogP contribution < -0.4 is 10.6 Å². The van der Waals surface area contributed by atoms with Crippen molar-refractivity contribution in [3.8, 4) is 0 Å². The van der Waals surface area contributed by atoms with Crippen LogP contribution in [0.2, 0.25) is 0 Å². The molecule has 0 atom stereocenters. The first-order valence-corrected chi connectivity index (χ1v) is 5.88. The molecule has 3 rings (SSSR count). The number of nitrogens with zero attached hydrogens (tertiary/aromatic N) is 1. The maximum Gasteiger partial charge on any atom is 0.256 e. The summed E-state index contributed by atoms with van der Waals surface area (Å²) in [7, 11) is 0. The van der Waals surface area contributed by atoms with E-state index in [9.17, 15) is 9.59 Å². The van der Waals surface area contributed by atoms with E-state index >= 15 is 0 Å². The van der Waals surface area contributed by atoms with Gasteiger partial charge in [0.05, 0.1) is 6.42 Å². The molecule has 2 aromatic rings. The van der Waals surface area contributed by atoms with E-state index in [2.05, 4.69) is 20.8 Å². The van der Waals surface area contributed by atoms with Gasteiger partial charge in [-0.2, -0.15) is 5.10 Å². The standard InChI is InChI=1S/C13H12N4O2/c1-7-4-11(17-16-7)15-13(19)9-3-2-8-6-12(18)14-10(8)5-9/h2-5H,6H2,1H3,(H,14,18)(H2,15,16,17,19). The number of rotatable bonds is 2. The third kappa shape index (κ3) is 2.20. The summed E-state index contributed by atoms with van der Waals surface area (Å²) in [6, 6.07) is 6.91. The van der Waals surface area contributed by atoms with Crippen LogP contribution in [0.5, 0.6) is 0 Å². The van der Waals surface area contributed by atoms with E-state index in [1.165, 1.54) is 0 Å². The Kier molecular flexibility index (Phi) is 2.56. The van der Waals surface area contributed by atoms with Crippen LogP contribution in [-0.2, 0) is 11.2 Å². The molecule has 0 spiro atoms.